The minimum atomic E-state index is -2.84. The Morgan fingerprint density at radius 2 is 2.11 bits per heavy atom. The predicted molar refractivity (Wildman–Crippen MR) is 104 cm³/mol. The molecule has 2 aromatic heterocycles. The van der Waals surface area contributed by atoms with Crippen molar-refractivity contribution in [2.45, 2.75) is 42.8 Å². The number of rotatable bonds is 5. The molecule has 6 nitrogen and oxygen atoms in total. The van der Waals surface area contributed by atoms with E-state index in [4.69, 9.17) is 0 Å². The van der Waals surface area contributed by atoms with Gasteiger partial charge < -0.3 is 20.3 Å². The molecule has 2 aromatic rings. The second-order valence-electron chi connectivity index (χ2n) is 7.46. The Morgan fingerprint density at radius 1 is 1.33 bits per heavy atom. The number of hydrogen-bond donors (Lipinski definition) is 4. The molecule has 27 heavy (non-hydrogen) atoms. The normalized spacial score (nSPS) is 26.4. The third kappa shape index (κ3) is 4.11. The molecule has 4 rings (SSSR count). The van der Waals surface area contributed by atoms with E-state index >= 15 is 0 Å². The van der Waals surface area contributed by atoms with Crippen LogP contribution in [-0.4, -0.2) is 45.7 Å². The first kappa shape index (κ1) is 19.0. The van der Waals surface area contributed by atoms with Crippen LogP contribution in [0.2, 0.25) is 0 Å². The van der Waals surface area contributed by atoms with Gasteiger partial charge in [0.05, 0.1) is 18.9 Å². The van der Waals surface area contributed by atoms with Gasteiger partial charge in [-0.15, -0.1) is 0 Å². The minimum Gasteiger partial charge on any atom is -0.374 e. The largest absolute Gasteiger partial charge is 0.374 e. The van der Waals surface area contributed by atoms with E-state index in [-0.39, 0.29) is 6.54 Å². The number of nitrogens with zero attached hydrogens (tertiary/aromatic N) is 2. The van der Waals surface area contributed by atoms with Crippen molar-refractivity contribution in [3.05, 3.63) is 24.0 Å². The van der Waals surface area contributed by atoms with Crippen LogP contribution in [0, 0.1) is 5.92 Å². The van der Waals surface area contributed by atoms with E-state index < -0.39 is 11.1 Å². The van der Waals surface area contributed by atoms with E-state index in [1.54, 1.807) is 6.20 Å². The maximum Gasteiger partial charge on any atom is 0.313 e. The number of anilines is 1. The first-order valence-corrected chi connectivity index (χ1v) is 10.1. The number of aliphatic hydroxyl groups is 1. The number of aromatic nitrogens is 2. The number of fused-ring (bicyclic) bond motifs is 3. The smallest absolute Gasteiger partial charge is 0.313 e. The lowest BCUT2D eigenvalue weighted by molar-refractivity contribution is 0.110. The summed E-state index contributed by atoms with van der Waals surface area (Å²) < 4.78 is 25.7. The van der Waals surface area contributed by atoms with E-state index in [1.165, 1.54) is 0 Å². The molecule has 2 aliphatic rings. The number of pyridine rings is 1. The van der Waals surface area contributed by atoms with E-state index in [2.05, 4.69) is 41.4 Å². The minimum absolute atomic E-state index is 0.341. The summed E-state index contributed by atoms with van der Waals surface area (Å²) in [5, 5.41) is 17.3. The van der Waals surface area contributed by atoms with Gasteiger partial charge in [-0.1, -0.05) is 0 Å². The number of aromatic amines is 1. The van der Waals surface area contributed by atoms with Crippen LogP contribution in [-0.2, 0) is 0 Å². The number of halogens is 3. The maximum atomic E-state index is 12.9. The Balaban J connectivity index is 1.44. The quantitative estimate of drug-likeness (QED) is 0.534. The highest BCUT2D eigenvalue weighted by Crippen LogP contribution is 2.39. The summed E-state index contributed by atoms with van der Waals surface area (Å²) in [6, 6.07) is 2.36. The number of hydrogen-bond acceptors (Lipinski definition) is 5. The highest BCUT2D eigenvalue weighted by Gasteiger charge is 2.33. The summed E-state index contributed by atoms with van der Waals surface area (Å²) in [5.74, 6) is 0.420. The SMILES string of the molecule is OC1NCN(C2CCC(CNCC(F)(F)Br)CC2)c2c1cnc1[nH]ccc21. The van der Waals surface area contributed by atoms with Crippen molar-refractivity contribution in [3.8, 4) is 0 Å². The molecule has 3 heterocycles. The van der Waals surface area contributed by atoms with Gasteiger partial charge in [0.1, 0.15) is 11.9 Å². The molecule has 0 bridgehead atoms. The first-order valence-electron chi connectivity index (χ1n) is 9.34. The Hall–Kier alpha value is -1.29. The van der Waals surface area contributed by atoms with Gasteiger partial charge in [0.15, 0.2) is 0 Å². The summed E-state index contributed by atoms with van der Waals surface area (Å²) in [4.78, 5) is 7.02. The number of aliphatic hydroxyl groups excluding tert-OH is 1. The molecule has 0 amide bonds. The fraction of sp³-hybridized carbons (Fsp3) is 0.611. The van der Waals surface area contributed by atoms with Crippen LogP contribution in [0.4, 0.5) is 14.5 Å². The second kappa shape index (κ2) is 7.62. The topological polar surface area (TPSA) is 76.2 Å². The number of alkyl halides is 3. The number of H-pyrrole nitrogens is 1. The van der Waals surface area contributed by atoms with Gasteiger partial charge in [-0.3, -0.25) is 5.32 Å². The Bertz CT molecular complexity index is 788. The van der Waals surface area contributed by atoms with E-state index in [0.717, 1.165) is 48.0 Å². The first-order chi connectivity index (χ1) is 12.9. The van der Waals surface area contributed by atoms with Crippen molar-refractivity contribution in [1.82, 2.24) is 20.6 Å². The average Bonchev–Trinajstić information content (AvgIpc) is 3.11. The zero-order valence-electron chi connectivity index (χ0n) is 14.9. The zero-order valence-corrected chi connectivity index (χ0v) is 16.5. The molecule has 1 aliphatic carbocycles. The van der Waals surface area contributed by atoms with Gasteiger partial charge in [0, 0.05) is 29.4 Å². The highest BCUT2D eigenvalue weighted by atomic mass is 79.9. The van der Waals surface area contributed by atoms with Crippen molar-refractivity contribution >= 4 is 32.7 Å². The third-order valence-corrected chi connectivity index (χ3v) is 5.92. The molecule has 9 heteroatoms. The summed E-state index contributed by atoms with van der Waals surface area (Å²) in [7, 11) is 0. The molecule has 1 aliphatic heterocycles. The summed E-state index contributed by atoms with van der Waals surface area (Å²) >= 11 is 2.36. The summed E-state index contributed by atoms with van der Waals surface area (Å²) in [6.45, 7) is 0.863. The summed E-state index contributed by atoms with van der Waals surface area (Å²) in [5.41, 5.74) is 2.67. The zero-order chi connectivity index (χ0) is 19.0. The predicted octanol–water partition coefficient (Wildman–Crippen LogP) is 3.06. The van der Waals surface area contributed by atoms with Crippen molar-refractivity contribution in [1.29, 1.82) is 0 Å². The molecule has 1 saturated carbocycles. The maximum absolute atomic E-state index is 12.9. The van der Waals surface area contributed by atoms with Crippen LogP contribution in [0.5, 0.6) is 0 Å². The highest BCUT2D eigenvalue weighted by molar-refractivity contribution is 9.10. The van der Waals surface area contributed by atoms with Gasteiger partial charge in [-0.25, -0.2) is 4.98 Å². The van der Waals surface area contributed by atoms with Crippen LogP contribution in [0.1, 0.15) is 37.5 Å². The van der Waals surface area contributed by atoms with Crippen LogP contribution in [0.25, 0.3) is 11.0 Å². The Morgan fingerprint density at radius 3 is 2.85 bits per heavy atom. The fourth-order valence-electron chi connectivity index (χ4n) is 4.29. The monoisotopic (exact) mass is 443 g/mol. The molecule has 0 aromatic carbocycles. The van der Waals surface area contributed by atoms with E-state index in [0.29, 0.717) is 25.2 Å². The molecule has 0 saturated heterocycles. The standard InChI is InChI=1S/C18H24BrF2N5O/c19-18(20,21)9-22-7-11-1-3-12(4-2-11)26-10-25-17(27)14-8-24-16-13(15(14)26)5-6-23-16/h5-6,8,11-12,17,22,25,27H,1-4,7,9-10H2,(H,23,24). The van der Waals surface area contributed by atoms with Crippen molar-refractivity contribution in [2.75, 3.05) is 24.7 Å². The lowest BCUT2D eigenvalue weighted by Crippen LogP contribution is -2.49. The lowest BCUT2D eigenvalue weighted by atomic mass is 9.84. The molecule has 148 valence electrons. The molecule has 1 atom stereocenters. The molecule has 4 N–H and O–H groups in total. The Labute approximate surface area is 164 Å². The van der Waals surface area contributed by atoms with Gasteiger partial charge >= 0.3 is 4.83 Å². The van der Waals surface area contributed by atoms with Crippen molar-refractivity contribution in [3.63, 3.8) is 0 Å². The number of nitrogens with one attached hydrogen (secondary N) is 3. The van der Waals surface area contributed by atoms with Crippen molar-refractivity contribution < 1.29 is 13.9 Å². The fourth-order valence-corrected chi connectivity index (χ4v) is 4.49. The molecule has 0 radical (unpaired) electrons. The second-order valence-corrected chi connectivity index (χ2v) is 8.62. The third-order valence-electron chi connectivity index (χ3n) is 5.64. The van der Waals surface area contributed by atoms with Crippen LogP contribution in [0.3, 0.4) is 0 Å². The molecule has 1 fully saturated rings. The summed E-state index contributed by atoms with van der Waals surface area (Å²) in [6.07, 6.45) is 6.89. The molecule has 0 spiro atoms. The lowest BCUT2D eigenvalue weighted by Gasteiger charge is -2.43. The molecular weight excluding hydrogens is 420 g/mol. The van der Waals surface area contributed by atoms with Crippen LogP contribution in [0.15, 0.2) is 18.5 Å². The van der Waals surface area contributed by atoms with E-state index in [9.17, 15) is 13.9 Å². The average molecular weight is 444 g/mol. The van der Waals surface area contributed by atoms with E-state index in [1.807, 2.05) is 12.3 Å². The molecular formula is C18H24BrF2N5O. The van der Waals surface area contributed by atoms with Crippen molar-refractivity contribution in [2.24, 2.45) is 5.92 Å². The van der Waals surface area contributed by atoms with Crippen LogP contribution < -0.4 is 15.5 Å². The van der Waals surface area contributed by atoms with Gasteiger partial charge in [0.25, 0.3) is 0 Å². The molecule has 1 unspecified atom stereocenters. The Kier molecular flexibility index (Phi) is 5.37. The van der Waals surface area contributed by atoms with Crippen LogP contribution >= 0.6 is 15.9 Å². The van der Waals surface area contributed by atoms with Gasteiger partial charge in [-0.05, 0) is 60.1 Å². The van der Waals surface area contributed by atoms with Gasteiger partial charge in [0.2, 0.25) is 0 Å². The van der Waals surface area contributed by atoms with Gasteiger partial charge in [-0.2, -0.15) is 8.78 Å².